The first kappa shape index (κ1) is 18.6. The third-order valence-corrected chi connectivity index (χ3v) is 6.44. The quantitative estimate of drug-likeness (QED) is 0.773. The van der Waals surface area contributed by atoms with Crippen LogP contribution in [0.1, 0.15) is 20.3 Å². The van der Waals surface area contributed by atoms with Gasteiger partial charge in [0.1, 0.15) is 5.75 Å². The lowest BCUT2D eigenvalue weighted by atomic mass is 10.0. The molecule has 0 saturated carbocycles. The van der Waals surface area contributed by atoms with Gasteiger partial charge in [-0.2, -0.15) is 11.8 Å². The molecule has 1 N–H and O–H groups in total. The first-order chi connectivity index (χ1) is 10.9. The Hall–Kier alpha value is -0.760. The lowest BCUT2D eigenvalue weighted by molar-refractivity contribution is 0.0179. The van der Waals surface area contributed by atoms with Crippen LogP contribution < -0.4 is 9.46 Å². The van der Waals surface area contributed by atoms with Gasteiger partial charge in [-0.05, 0) is 42.4 Å². The Morgan fingerprint density at radius 3 is 2.52 bits per heavy atom. The fourth-order valence-corrected chi connectivity index (χ4v) is 4.76. The monoisotopic (exact) mass is 359 g/mol. The first-order valence-corrected chi connectivity index (χ1v) is 10.4. The van der Waals surface area contributed by atoms with Crippen molar-refractivity contribution in [2.75, 3.05) is 31.8 Å². The van der Waals surface area contributed by atoms with Gasteiger partial charge in [-0.1, -0.05) is 13.8 Å². The average molecular weight is 360 g/mol. The minimum Gasteiger partial charge on any atom is -0.493 e. The largest absolute Gasteiger partial charge is 0.493 e. The number of hydrogen-bond donors (Lipinski definition) is 1. The van der Waals surface area contributed by atoms with Gasteiger partial charge >= 0.3 is 0 Å². The molecule has 1 aromatic carbocycles. The van der Waals surface area contributed by atoms with E-state index in [2.05, 4.69) is 18.6 Å². The number of methoxy groups -OCH3 is 1. The second-order valence-corrected chi connectivity index (χ2v) is 9.06. The van der Waals surface area contributed by atoms with E-state index in [4.69, 9.17) is 9.47 Å². The number of hydrogen-bond acceptors (Lipinski definition) is 5. The van der Waals surface area contributed by atoms with Crippen molar-refractivity contribution in [3.63, 3.8) is 0 Å². The van der Waals surface area contributed by atoms with Crippen LogP contribution in [0.3, 0.4) is 0 Å². The van der Waals surface area contributed by atoms with E-state index in [-0.39, 0.29) is 4.90 Å². The first-order valence-electron chi connectivity index (χ1n) is 7.72. The molecule has 0 radical (unpaired) electrons. The van der Waals surface area contributed by atoms with Gasteiger partial charge in [-0.15, -0.1) is 0 Å². The number of nitrogens with one attached hydrogen (secondary N) is 1. The summed E-state index contributed by atoms with van der Waals surface area (Å²) in [7, 11) is -1.90. The predicted octanol–water partition coefficient (Wildman–Crippen LogP) is 2.52. The zero-order valence-electron chi connectivity index (χ0n) is 13.9. The molecule has 7 heteroatoms. The SMILES string of the molecule is CO[C@@]1(CNS(=O)(=O)c2ccc(OCC(C)C)cc2)CCSC1. The maximum Gasteiger partial charge on any atom is 0.240 e. The third kappa shape index (κ3) is 5.11. The summed E-state index contributed by atoms with van der Waals surface area (Å²) in [5.41, 5.74) is -0.391. The summed E-state index contributed by atoms with van der Waals surface area (Å²) in [6, 6.07) is 6.52. The summed E-state index contributed by atoms with van der Waals surface area (Å²) in [5.74, 6) is 2.92. The summed E-state index contributed by atoms with van der Waals surface area (Å²) in [6.45, 7) is 5.04. The highest BCUT2D eigenvalue weighted by Crippen LogP contribution is 2.30. The molecular formula is C16H25NO4S2. The Kier molecular flexibility index (Phi) is 6.36. The van der Waals surface area contributed by atoms with E-state index in [1.165, 1.54) is 0 Å². The Labute approximate surface area is 143 Å². The number of rotatable bonds is 8. The second-order valence-electron chi connectivity index (χ2n) is 6.19. The summed E-state index contributed by atoms with van der Waals surface area (Å²) in [6.07, 6.45) is 0.860. The Morgan fingerprint density at radius 2 is 2.00 bits per heavy atom. The fraction of sp³-hybridized carbons (Fsp3) is 0.625. The Morgan fingerprint density at radius 1 is 1.30 bits per heavy atom. The van der Waals surface area contributed by atoms with Crippen LogP contribution >= 0.6 is 11.8 Å². The molecule has 0 amide bonds. The number of ether oxygens (including phenoxy) is 2. The van der Waals surface area contributed by atoms with Gasteiger partial charge in [0.15, 0.2) is 0 Å². The predicted molar refractivity (Wildman–Crippen MR) is 93.6 cm³/mol. The average Bonchev–Trinajstić information content (AvgIpc) is 3.01. The lowest BCUT2D eigenvalue weighted by Crippen LogP contribution is -2.44. The van der Waals surface area contributed by atoms with Gasteiger partial charge in [-0.3, -0.25) is 0 Å². The summed E-state index contributed by atoms with van der Waals surface area (Å²) in [4.78, 5) is 0.242. The summed E-state index contributed by atoms with van der Waals surface area (Å²) < 4.78 is 38.6. The van der Waals surface area contributed by atoms with Gasteiger partial charge in [0.25, 0.3) is 0 Å². The van der Waals surface area contributed by atoms with Crippen molar-refractivity contribution in [1.82, 2.24) is 4.72 Å². The van der Waals surface area contributed by atoms with Gasteiger partial charge in [-0.25, -0.2) is 13.1 Å². The molecule has 1 saturated heterocycles. The molecule has 1 aliphatic heterocycles. The van der Waals surface area contributed by atoms with Crippen LogP contribution in [-0.2, 0) is 14.8 Å². The Balaban J connectivity index is 1.99. The molecule has 0 bridgehead atoms. The molecule has 1 aromatic rings. The molecule has 0 unspecified atom stereocenters. The molecule has 0 aromatic heterocycles. The van der Waals surface area contributed by atoms with Crippen molar-refractivity contribution in [2.24, 2.45) is 5.92 Å². The molecular weight excluding hydrogens is 334 g/mol. The number of benzene rings is 1. The molecule has 5 nitrogen and oxygen atoms in total. The Bertz CT molecular complexity index is 593. The minimum absolute atomic E-state index is 0.242. The van der Waals surface area contributed by atoms with E-state index in [0.29, 0.717) is 24.8 Å². The van der Waals surface area contributed by atoms with Gasteiger partial charge in [0, 0.05) is 19.4 Å². The molecule has 1 heterocycles. The summed E-state index contributed by atoms with van der Waals surface area (Å²) in [5, 5.41) is 0. The molecule has 130 valence electrons. The van der Waals surface area contributed by atoms with Crippen molar-refractivity contribution in [3.8, 4) is 5.75 Å². The van der Waals surface area contributed by atoms with E-state index in [1.54, 1.807) is 43.1 Å². The maximum atomic E-state index is 12.4. The van der Waals surface area contributed by atoms with Gasteiger partial charge < -0.3 is 9.47 Å². The normalized spacial score (nSPS) is 21.7. The standard InChI is InChI=1S/C16H25NO4S2/c1-13(2)10-21-14-4-6-15(7-5-14)23(18,19)17-11-16(20-3)8-9-22-12-16/h4-7,13,17H,8-12H2,1-3H3/t16-/m1/s1. The maximum absolute atomic E-state index is 12.4. The van der Waals surface area contributed by atoms with Crippen molar-refractivity contribution < 1.29 is 17.9 Å². The van der Waals surface area contributed by atoms with E-state index >= 15 is 0 Å². The zero-order chi connectivity index (χ0) is 16.9. The molecule has 0 spiro atoms. The smallest absolute Gasteiger partial charge is 0.240 e. The van der Waals surface area contributed by atoms with Crippen LogP contribution in [-0.4, -0.2) is 45.8 Å². The van der Waals surface area contributed by atoms with E-state index in [1.807, 2.05) is 0 Å². The van der Waals surface area contributed by atoms with Crippen LogP contribution in [0.2, 0.25) is 0 Å². The zero-order valence-corrected chi connectivity index (χ0v) is 15.5. The molecule has 1 fully saturated rings. The van der Waals surface area contributed by atoms with Gasteiger partial charge in [0.05, 0.1) is 17.1 Å². The highest BCUT2D eigenvalue weighted by Gasteiger charge is 2.35. The van der Waals surface area contributed by atoms with Crippen LogP contribution in [0.4, 0.5) is 0 Å². The molecule has 2 rings (SSSR count). The van der Waals surface area contributed by atoms with E-state index < -0.39 is 15.6 Å². The van der Waals surface area contributed by atoms with Crippen LogP contribution in [0.5, 0.6) is 5.75 Å². The van der Waals surface area contributed by atoms with E-state index in [0.717, 1.165) is 17.9 Å². The van der Waals surface area contributed by atoms with Crippen LogP contribution in [0.15, 0.2) is 29.2 Å². The fourth-order valence-electron chi connectivity index (χ4n) is 2.25. The number of sulfonamides is 1. The molecule has 0 aliphatic carbocycles. The van der Waals surface area contributed by atoms with Gasteiger partial charge in [0.2, 0.25) is 10.0 Å². The molecule has 1 aliphatic rings. The minimum atomic E-state index is -3.54. The van der Waals surface area contributed by atoms with Crippen molar-refractivity contribution in [1.29, 1.82) is 0 Å². The van der Waals surface area contributed by atoms with Crippen molar-refractivity contribution in [3.05, 3.63) is 24.3 Å². The van der Waals surface area contributed by atoms with Crippen LogP contribution in [0.25, 0.3) is 0 Å². The lowest BCUT2D eigenvalue weighted by Gasteiger charge is -2.26. The van der Waals surface area contributed by atoms with Crippen molar-refractivity contribution in [2.45, 2.75) is 30.8 Å². The summed E-state index contributed by atoms with van der Waals surface area (Å²) >= 11 is 1.79. The molecule has 23 heavy (non-hydrogen) atoms. The highest BCUT2D eigenvalue weighted by molar-refractivity contribution is 7.99. The number of thioether (sulfide) groups is 1. The third-order valence-electron chi connectivity index (χ3n) is 3.80. The highest BCUT2D eigenvalue weighted by atomic mass is 32.2. The molecule has 1 atom stereocenters. The van der Waals surface area contributed by atoms with Crippen LogP contribution in [0, 0.1) is 5.92 Å². The topological polar surface area (TPSA) is 64.6 Å². The second kappa shape index (κ2) is 7.88. The van der Waals surface area contributed by atoms with Crippen molar-refractivity contribution >= 4 is 21.8 Å². The van der Waals surface area contributed by atoms with E-state index in [9.17, 15) is 8.42 Å².